The first kappa shape index (κ1) is 14.5. The van der Waals surface area contributed by atoms with E-state index in [-0.39, 0.29) is 12.0 Å². The molecule has 1 fully saturated rings. The van der Waals surface area contributed by atoms with Gasteiger partial charge in [0, 0.05) is 19.6 Å². The van der Waals surface area contributed by atoms with E-state index < -0.39 is 0 Å². The second kappa shape index (κ2) is 7.67. The molecule has 2 unspecified atom stereocenters. The standard InChI is InChI=1S/C13H26N2O2/c1-4-15(5-2)13(16)11(3)17-10-12-7-6-8-14-9-12/h11-12,14H,4-10H2,1-3H3. The normalized spacial score (nSPS) is 22.2. The SMILES string of the molecule is CCN(CC)C(=O)C(C)OCC1CCCNC1. The van der Waals surface area contributed by atoms with Gasteiger partial charge < -0.3 is 15.0 Å². The van der Waals surface area contributed by atoms with E-state index in [2.05, 4.69) is 5.32 Å². The number of nitrogens with one attached hydrogen (secondary N) is 1. The summed E-state index contributed by atoms with van der Waals surface area (Å²) in [7, 11) is 0. The van der Waals surface area contributed by atoms with Crippen LogP contribution in [0.25, 0.3) is 0 Å². The van der Waals surface area contributed by atoms with Crippen molar-refractivity contribution in [3.05, 3.63) is 0 Å². The highest BCUT2D eigenvalue weighted by atomic mass is 16.5. The van der Waals surface area contributed by atoms with Gasteiger partial charge in [0.05, 0.1) is 6.61 Å². The Morgan fingerprint density at radius 1 is 1.47 bits per heavy atom. The maximum atomic E-state index is 12.0. The summed E-state index contributed by atoms with van der Waals surface area (Å²) in [6.45, 7) is 10.2. The Hall–Kier alpha value is -0.610. The van der Waals surface area contributed by atoms with E-state index in [0.717, 1.165) is 26.2 Å². The van der Waals surface area contributed by atoms with Crippen LogP contribution in [0, 0.1) is 5.92 Å². The maximum Gasteiger partial charge on any atom is 0.251 e. The molecule has 17 heavy (non-hydrogen) atoms. The van der Waals surface area contributed by atoms with Crippen LogP contribution < -0.4 is 5.32 Å². The average molecular weight is 242 g/mol. The van der Waals surface area contributed by atoms with Gasteiger partial charge in [-0.1, -0.05) is 0 Å². The molecule has 1 rings (SSSR count). The predicted molar refractivity (Wildman–Crippen MR) is 68.9 cm³/mol. The quantitative estimate of drug-likeness (QED) is 0.762. The number of nitrogens with zero attached hydrogens (tertiary/aromatic N) is 1. The van der Waals surface area contributed by atoms with Crippen molar-refractivity contribution < 1.29 is 9.53 Å². The Labute approximate surface area is 105 Å². The second-order valence-electron chi connectivity index (χ2n) is 4.70. The lowest BCUT2D eigenvalue weighted by Crippen LogP contribution is -2.40. The number of amides is 1. The number of rotatable bonds is 6. The maximum absolute atomic E-state index is 12.0. The van der Waals surface area contributed by atoms with Gasteiger partial charge in [0.1, 0.15) is 6.10 Å². The zero-order valence-corrected chi connectivity index (χ0v) is 11.4. The summed E-state index contributed by atoms with van der Waals surface area (Å²) in [5, 5.41) is 3.36. The number of carbonyl (C=O) groups is 1. The number of carbonyl (C=O) groups excluding carboxylic acids is 1. The lowest BCUT2D eigenvalue weighted by molar-refractivity contribution is -0.143. The number of ether oxygens (including phenoxy) is 1. The van der Waals surface area contributed by atoms with E-state index in [4.69, 9.17) is 4.74 Å². The van der Waals surface area contributed by atoms with E-state index in [1.807, 2.05) is 25.7 Å². The fraction of sp³-hybridized carbons (Fsp3) is 0.923. The molecule has 0 aromatic carbocycles. The molecular formula is C13H26N2O2. The molecule has 0 radical (unpaired) electrons. The molecule has 1 saturated heterocycles. The van der Waals surface area contributed by atoms with Crippen LogP contribution in [0.2, 0.25) is 0 Å². The van der Waals surface area contributed by atoms with E-state index >= 15 is 0 Å². The average Bonchev–Trinajstić information content (AvgIpc) is 2.38. The predicted octanol–water partition coefficient (Wildman–Crippen LogP) is 1.26. The van der Waals surface area contributed by atoms with Crippen molar-refractivity contribution in [2.24, 2.45) is 5.92 Å². The van der Waals surface area contributed by atoms with Crippen LogP contribution in [0.5, 0.6) is 0 Å². The lowest BCUT2D eigenvalue weighted by atomic mass is 10.0. The zero-order chi connectivity index (χ0) is 12.7. The van der Waals surface area contributed by atoms with E-state index in [1.165, 1.54) is 12.8 Å². The third kappa shape index (κ3) is 4.64. The van der Waals surface area contributed by atoms with Crippen LogP contribution in [-0.4, -0.2) is 49.7 Å². The number of piperidine rings is 1. The van der Waals surface area contributed by atoms with Crippen molar-refractivity contribution in [2.45, 2.75) is 39.7 Å². The van der Waals surface area contributed by atoms with Crippen molar-refractivity contribution in [3.63, 3.8) is 0 Å². The highest BCUT2D eigenvalue weighted by Gasteiger charge is 2.21. The van der Waals surface area contributed by atoms with E-state index in [9.17, 15) is 4.79 Å². The molecule has 4 nitrogen and oxygen atoms in total. The van der Waals surface area contributed by atoms with Crippen LogP contribution in [-0.2, 0) is 9.53 Å². The van der Waals surface area contributed by atoms with E-state index in [1.54, 1.807) is 0 Å². The third-order valence-electron chi connectivity index (χ3n) is 3.40. The first-order valence-corrected chi connectivity index (χ1v) is 6.80. The fourth-order valence-electron chi connectivity index (χ4n) is 2.21. The Kier molecular flexibility index (Phi) is 6.52. The van der Waals surface area contributed by atoms with Gasteiger partial charge in [-0.2, -0.15) is 0 Å². The smallest absolute Gasteiger partial charge is 0.251 e. The van der Waals surface area contributed by atoms with Crippen molar-refractivity contribution in [1.29, 1.82) is 0 Å². The summed E-state index contributed by atoms with van der Waals surface area (Å²) in [5.74, 6) is 0.675. The summed E-state index contributed by atoms with van der Waals surface area (Å²) < 4.78 is 5.70. The molecule has 4 heteroatoms. The van der Waals surface area contributed by atoms with Gasteiger partial charge in [-0.3, -0.25) is 4.79 Å². The van der Waals surface area contributed by atoms with Crippen LogP contribution in [0.3, 0.4) is 0 Å². The molecule has 0 spiro atoms. The molecule has 1 aliphatic rings. The topological polar surface area (TPSA) is 41.6 Å². The largest absolute Gasteiger partial charge is 0.368 e. The molecule has 0 aromatic rings. The minimum Gasteiger partial charge on any atom is -0.368 e. The minimum atomic E-state index is -0.308. The van der Waals surface area contributed by atoms with Gasteiger partial charge in [-0.25, -0.2) is 0 Å². The molecule has 1 aliphatic heterocycles. The molecule has 1 heterocycles. The van der Waals surface area contributed by atoms with Gasteiger partial charge >= 0.3 is 0 Å². The molecule has 0 saturated carbocycles. The van der Waals surface area contributed by atoms with Crippen molar-refractivity contribution in [1.82, 2.24) is 10.2 Å². The van der Waals surface area contributed by atoms with Crippen LogP contribution in [0.4, 0.5) is 0 Å². The first-order valence-electron chi connectivity index (χ1n) is 6.80. The van der Waals surface area contributed by atoms with Crippen molar-refractivity contribution in [2.75, 3.05) is 32.8 Å². The lowest BCUT2D eigenvalue weighted by Gasteiger charge is -2.26. The summed E-state index contributed by atoms with van der Waals surface area (Å²) in [5.41, 5.74) is 0. The molecule has 2 atom stereocenters. The summed E-state index contributed by atoms with van der Waals surface area (Å²) >= 11 is 0. The monoisotopic (exact) mass is 242 g/mol. The minimum absolute atomic E-state index is 0.110. The molecule has 0 aliphatic carbocycles. The van der Waals surface area contributed by atoms with Gasteiger partial charge in [0.2, 0.25) is 0 Å². The zero-order valence-electron chi connectivity index (χ0n) is 11.4. The van der Waals surface area contributed by atoms with Crippen LogP contribution in [0.1, 0.15) is 33.6 Å². The molecule has 1 amide bonds. The van der Waals surface area contributed by atoms with Gasteiger partial charge in [-0.15, -0.1) is 0 Å². The van der Waals surface area contributed by atoms with Gasteiger partial charge in [0.25, 0.3) is 5.91 Å². The Morgan fingerprint density at radius 3 is 2.71 bits per heavy atom. The fourth-order valence-corrected chi connectivity index (χ4v) is 2.21. The Bertz CT molecular complexity index is 223. The summed E-state index contributed by atoms with van der Waals surface area (Å²) in [6.07, 6.45) is 2.11. The second-order valence-corrected chi connectivity index (χ2v) is 4.70. The highest BCUT2D eigenvalue weighted by molar-refractivity contribution is 5.80. The Balaban J connectivity index is 2.27. The first-order chi connectivity index (χ1) is 8.19. The highest BCUT2D eigenvalue weighted by Crippen LogP contribution is 2.11. The van der Waals surface area contributed by atoms with Gasteiger partial charge in [0.15, 0.2) is 0 Å². The van der Waals surface area contributed by atoms with Crippen LogP contribution >= 0.6 is 0 Å². The molecular weight excluding hydrogens is 216 g/mol. The van der Waals surface area contributed by atoms with E-state index in [0.29, 0.717) is 12.5 Å². The number of hydrogen-bond acceptors (Lipinski definition) is 3. The summed E-state index contributed by atoms with van der Waals surface area (Å²) in [4.78, 5) is 13.8. The summed E-state index contributed by atoms with van der Waals surface area (Å²) in [6, 6.07) is 0. The van der Waals surface area contributed by atoms with Crippen molar-refractivity contribution in [3.8, 4) is 0 Å². The molecule has 1 N–H and O–H groups in total. The number of hydrogen-bond donors (Lipinski definition) is 1. The van der Waals surface area contributed by atoms with Crippen LogP contribution in [0.15, 0.2) is 0 Å². The molecule has 0 bridgehead atoms. The molecule has 100 valence electrons. The number of likely N-dealkylation sites (N-methyl/N-ethyl adjacent to an activating group) is 1. The van der Waals surface area contributed by atoms with Crippen molar-refractivity contribution >= 4 is 5.91 Å². The third-order valence-corrected chi connectivity index (χ3v) is 3.40. The Morgan fingerprint density at radius 2 is 2.18 bits per heavy atom. The van der Waals surface area contributed by atoms with Gasteiger partial charge in [-0.05, 0) is 46.1 Å². The molecule has 0 aromatic heterocycles.